The van der Waals surface area contributed by atoms with Gasteiger partial charge in [0.1, 0.15) is 0 Å². The maximum absolute atomic E-state index is 12.3. The van der Waals surface area contributed by atoms with Gasteiger partial charge in [0.25, 0.3) is 17.5 Å². The Morgan fingerprint density at radius 3 is 2.04 bits per heavy atom. The fourth-order valence-corrected chi connectivity index (χ4v) is 2.77. The molecule has 0 saturated carbocycles. The van der Waals surface area contributed by atoms with Crippen molar-refractivity contribution in [3.8, 4) is 0 Å². The highest BCUT2D eigenvalue weighted by Gasteiger charge is 2.36. The Hall–Kier alpha value is -2.44. The average Bonchev–Trinajstić information content (AvgIpc) is 2.76. The minimum absolute atomic E-state index is 0.0319. The first-order chi connectivity index (χ1) is 10.9. The average molecular weight is 351 g/mol. The van der Waals surface area contributed by atoms with E-state index < -0.39 is 16.7 Å². The highest BCUT2D eigenvalue weighted by Crippen LogP contribution is 2.33. The number of carbonyl (C=O) groups is 2. The van der Waals surface area contributed by atoms with Crippen molar-refractivity contribution in [3.63, 3.8) is 0 Å². The van der Waals surface area contributed by atoms with Crippen molar-refractivity contribution in [1.29, 1.82) is 0 Å². The SMILES string of the molecule is O=C1c2ccccc2C(=O)N1Cc1cc(Cl)c(Cl)cc1[N+](=O)[O-]. The van der Waals surface area contributed by atoms with Crippen molar-refractivity contribution >= 4 is 40.7 Å². The van der Waals surface area contributed by atoms with E-state index in [0.717, 1.165) is 11.0 Å². The first kappa shape index (κ1) is 15.5. The number of fused-ring (bicyclic) bond motifs is 1. The Balaban J connectivity index is 2.01. The second-order valence-corrected chi connectivity index (χ2v) is 5.71. The molecule has 0 saturated heterocycles. The van der Waals surface area contributed by atoms with Crippen molar-refractivity contribution in [2.24, 2.45) is 0 Å². The number of imide groups is 1. The summed E-state index contributed by atoms with van der Waals surface area (Å²) in [5.41, 5.74) is 0.398. The molecule has 1 aliphatic rings. The van der Waals surface area contributed by atoms with Crippen LogP contribution in [0.3, 0.4) is 0 Å². The molecule has 0 spiro atoms. The molecule has 23 heavy (non-hydrogen) atoms. The summed E-state index contributed by atoms with van der Waals surface area (Å²) < 4.78 is 0. The van der Waals surface area contributed by atoms with E-state index >= 15 is 0 Å². The van der Waals surface area contributed by atoms with Crippen LogP contribution in [-0.4, -0.2) is 21.6 Å². The molecule has 116 valence electrons. The number of amides is 2. The van der Waals surface area contributed by atoms with E-state index in [9.17, 15) is 19.7 Å². The zero-order chi connectivity index (χ0) is 16.7. The molecule has 8 heteroatoms. The molecule has 0 bridgehead atoms. The van der Waals surface area contributed by atoms with E-state index in [0.29, 0.717) is 0 Å². The summed E-state index contributed by atoms with van der Waals surface area (Å²) in [5, 5.41) is 11.3. The van der Waals surface area contributed by atoms with E-state index in [1.807, 2.05) is 0 Å². The van der Waals surface area contributed by atoms with Crippen molar-refractivity contribution in [3.05, 3.63) is 73.2 Å². The molecule has 2 aromatic carbocycles. The highest BCUT2D eigenvalue weighted by atomic mass is 35.5. The Labute approximate surface area is 140 Å². The zero-order valence-corrected chi connectivity index (χ0v) is 13.0. The second kappa shape index (κ2) is 5.64. The van der Waals surface area contributed by atoms with Gasteiger partial charge in [0.15, 0.2) is 0 Å². The van der Waals surface area contributed by atoms with E-state index in [4.69, 9.17) is 23.2 Å². The van der Waals surface area contributed by atoms with Crippen LogP contribution in [0.15, 0.2) is 36.4 Å². The van der Waals surface area contributed by atoms with Crippen LogP contribution < -0.4 is 0 Å². The van der Waals surface area contributed by atoms with Crippen molar-refractivity contribution in [1.82, 2.24) is 4.90 Å². The summed E-state index contributed by atoms with van der Waals surface area (Å²) in [6, 6.07) is 8.78. The molecule has 1 heterocycles. The molecule has 0 radical (unpaired) electrons. The first-order valence-corrected chi connectivity index (χ1v) is 7.23. The van der Waals surface area contributed by atoms with Gasteiger partial charge in [-0.15, -0.1) is 0 Å². The number of hydrogen-bond acceptors (Lipinski definition) is 4. The Morgan fingerprint density at radius 1 is 1.00 bits per heavy atom. The van der Waals surface area contributed by atoms with Crippen LogP contribution in [0.2, 0.25) is 10.0 Å². The third kappa shape index (κ3) is 2.56. The van der Waals surface area contributed by atoms with Gasteiger partial charge < -0.3 is 0 Å². The molecule has 3 rings (SSSR count). The molecule has 0 atom stereocenters. The molecule has 0 N–H and O–H groups in total. The highest BCUT2D eigenvalue weighted by molar-refractivity contribution is 6.42. The number of rotatable bonds is 3. The molecule has 2 amide bonds. The molecule has 0 aromatic heterocycles. The molecule has 1 aliphatic heterocycles. The number of carbonyl (C=O) groups excluding carboxylic acids is 2. The lowest BCUT2D eigenvalue weighted by Gasteiger charge is -2.14. The molecular weight excluding hydrogens is 343 g/mol. The standard InChI is InChI=1S/C15H8Cl2N2O4/c16-11-5-8(13(19(22)23)6-12(11)17)7-18-14(20)9-3-1-2-4-10(9)15(18)21/h1-6H,7H2. The third-order valence-electron chi connectivity index (χ3n) is 3.52. The monoisotopic (exact) mass is 350 g/mol. The summed E-state index contributed by atoms with van der Waals surface area (Å²) in [6.07, 6.45) is 0. The van der Waals surface area contributed by atoms with E-state index in [1.165, 1.54) is 6.07 Å². The number of benzene rings is 2. The van der Waals surface area contributed by atoms with Gasteiger partial charge in [0.05, 0.1) is 38.2 Å². The van der Waals surface area contributed by atoms with Crippen LogP contribution in [-0.2, 0) is 6.54 Å². The maximum atomic E-state index is 12.3. The first-order valence-electron chi connectivity index (χ1n) is 6.47. The van der Waals surface area contributed by atoms with Crippen LogP contribution >= 0.6 is 23.2 Å². The smallest absolute Gasteiger partial charge is 0.270 e. The number of halogens is 2. The lowest BCUT2D eigenvalue weighted by molar-refractivity contribution is -0.385. The molecular formula is C15H8Cl2N2O4. The summed E-state index contributed by atoms with van der Waals surface area (Å²) >= 11 is 11.7. The predicted molar refractivity (Wildman–Crippen MR) is 83.8 cm³/mol. The quantitative estimate of drug-likeness (QED) is 0.480. The normalized spacial score (nSPS) is 13.4. The van der Waals surface area contributed by atoms with Gasteiger partial charge in [0.2, 0.25) is 0 Å². The van der Waals surface area contributed by atoms with Crippen LogP contribution in [0.1, 0.15) is 26.3 Å². The van der Waals surface area contributed by atoms with Gasteiger partial charge in [-0.2, -0.15) is 0 Å². The lowest BCUT2D eigenvalue weighted by Crippen LogP contribution is -2.29. The predicted octanol–water partition coefficient (Wildman–Crippen LogP) is 3.70. The number of nitrogens with zero attached hydrogens (tertiary/aromatic N) is 2. The topological polar surface area (TPSA) is 80.5 Å². The van der Waals surface area contributed by atoms with Gasteiger partial charge in [-0.25, -0.2) is 0 Å². The van der Waals surface area contributed by atoms with Crippen LogP contribution in [0.4, 0.5) is 5.69 Å². The lowest BCUT2D eigenvalue weighted by atomic mass is 10.1. The van der Waals surface area contributed by atoms with E-state index in [-0.39, 0.29) is 39.0 Å². The van der Waals surface area contributed by atoms with Gasteiger partial charge in [-0.1, -0.05) is 35.3 Å². The molecule has 2 aromatic rings. The second-order valence-electron chi connectivity index (χ2n) is 4.89. The Morgan fingerprint density at radius 2 is 1.52 bits per heavy atom. The third-order valence-corrected chi connectivity index (χ3v) is 4.25. The summed E-state index contributed by atoms with van der Waals surface area (Å²) in [7, 11) is 0. The number of nitro groups is 1. The van der Waals surface area contributed by atoms with Crippen molar-refractivity contribution < 1.29 is 14.5 Å². The molecule has 6 nitrogen and oxygen atoms in total. The van der Waals surface area contributed by atoms with Gasteiger partial charge in [-0.3, -0.25) is 24.6 Å². The van der Waals surface area contributed by atoms with E-state index in [1.54, 1.807) is 24.3 Å². The Bertz CT molecular complexity index is 832. The number of nitro benzene ring substituents is 1. The maximum Gasteiger partial charge on any atom is 0.275 e. The molecule has 0 fully saturated rings. The summed E-state index contributed by atoms with van der Waals surface area (Å²) in [5.74, 6) is -0.989. The fourth-order valence-electron chi connectivity index (χ4n) is 2.43. The van der Waals surface area contributed by atoms with Crippen LogP contribution in [0, 0.1) is 10.1 Å². The van der Waals surface area contributed by atoms with Crippen molar-refractivity contribution in [2.75, 3.05) is 0 Å². The summed E-state index contributed by atoms with van der Waals surface area (Å²) in [4.78, 5) is 36.1. The Kier molecular flexibility index (Phi) is 3.79. The van der Waals surface area contributed by atoms with Crippen molar-refractivity contribution in [2.45, 2.75) is 6.54 Å². The fraction of sp³-hybridized carbons (Fsp3) is 0.0667. The van der Waals surface area contributed by atoms with E-state index in [2.05, 4.69) is 0 Å². The van der Waals surface area contributed by atoms with Gasteiger partial charge in [-0.05, 0) is 18.2 Å². The molecule has 0 unspecified atom stereocenters. The number of hydrogen-bond donors (Lipinski definition) is 0. The van der Waals surface area contributed by atoms with Crippen LogP contribution in [0.25, 0.3) is 0 Å². The minimum Gasteiger partial charge on any atom is -0.270 e. The van der Waals surface area contributed by atoms with Crippen LogP contribution in [0.5, 0.6) is 0 Å². The van der Waals surface area contributed by atoms with Gasteiger partial charge >= 0.3 is 0 Å². The van der Waals surface area contributed by atoms with Gasteiger partial charge in [0, 0.05) is 6.07 Å². The summed E-state index contributed by atoms with van der Waals surface area (Å²) in [6.45, 7) is -0.250. The minimum atomic E-state index is -0.629. The molecule has 0 aliphatic carbocycles. The zero-order valence-electron chi connectivity index (χ0n) is 11.5. The largest absolute Gasteiger partial charge is 0.275 e.